The van der Waals surface area contributed by atoms with Crippen molar-refractivity contribution in [3.05, 3.63) is 12.7 Å². The maximum Gasteiger partial charge on any atom is 0.0662 e. The van der Waals surface area contributed by atoms with Crippen LogP contribution in [-0.2, 0) is 0 Å². The fourth-order valence-corrected chi connectivity index (χ4v) is 0. The number of aliphatic hydroxyl groups excluding tert-OH is 2. The van der Waals surface area contributed by atoms with E-state index in [0.717, 1.165) is 6.42 Å². The number of aliphatic hydroxyl groups is 2. The Kier molecular flexibility index (Phi) is 21.1. The zero-order chi connectivity index (χ0) is 6.83. The van der Waals surface area contributed by atoms with E-state index in [4.69, 9.17) is 10.2 Å². The molecule has 0 spiro atoms. The Bertz CT molecular complexity index is 33.5. The first-order valence-electron chi connectivity index (χ1n) is 2.66. The zero-order valence-electron chi connectivity index (χ0n) is 5.30. The van der Waals surface area contributed by atoms with Crippen molar-refractivity contribution in [2.24, 2.45) is 0 Å². The van der Waals surface area contributed by atoms with E-state index in [-0.39, 0.29) is 13.2 Å². The summed E-state index contributed by atoms with van der Waals surface area (Å²) in [5.74, 6) is 0. The molecule has 0 amide bonds. The molecule has 0 aliphatic heterocycles. The van der Waals surface area contributed by atoms with E-state index in [1.54, 1.807) is 0 Å². The molecule has 2 N–H and O–H groups in total. The molecule has 0 aliphatic rings. The lowest BCUT2D eigenvalue weighted by atomic mass is 10.5. The van der Waals surface area contributed by atoms with Crippen LogP contribution < -0.4 is 0 Å². The minimum atomic E-state index is -0.125. The molecule has 50 valence electrons. The topological polar surface area (TPSA) is 40.5 Å². The maximum atomic E-state index is 7.62. The molecule has 0 bridgehead atoms. The molecule has 0 heterocycles. The van der Waals surface area contributed by atoms with Crippen LogP contribution in [0.15, 0.2) is 12.7 Å². The fraction of sp³-hybridized carbons (Fsp3) is 0.667. The molecule has 0 aliphatic carbocycles. The second kappa shape index (κ2) is 15.9. The van der Waals surface area contributed by atoms with Gasteiger partial charge in [0.15, 0.2) is 0 Å². The van der Waals surface area contributed by atoms with Crippen LogP contribution >= 0.6 is 0 Å². The second-order valence-electron chi connectivity index (χ2n) is 1.14. The van der Waals surface area contributed by atoms with Gasteiger partial charge >= 0.3 is 0 Å². The lowest BCUT2D eigenvalue weighted by molar-refractivity contribution is 0.186. The quantitative estimate of drug-likeness (QED) is 0.520. The Morgan fingerprint density at radius 3 is 1.62 bits per heavy atom. The molecular weight excluding hydrogens is 104 g/mol. The lowest BCUT2D eigenvalue weighted by Gasteiger charge is -1.70. The van der Waals surface area contributed by atoms with Gasteiger partial charge in [0.05, 0.1) is 13.2 Å². The third-order valence-electron chi connectivity index (χ3n) is 0.389. The molecule has 2 nitrogen and oxygen atoms in total. The van der Waals surface area contributed by atoms with Crippen molar-refractivity contribution in [3.63, 3.8) is 0 Å². The van der Waals surface area contributed by atoms with E-state index in [1.807, 2.05) is 6.08 Å². The molecule has 8 heavy (non-hydrogen) atoms. The first-order valence-corrected chi connectivity index (χ1v) is 2.66. The minimum absolute atomic E-state index is 0.125. The minimum Gasteiger partial charge on any atom is -0.394 e. The lowest BCUT2D eigenvalue weighted by Crippen LogP contribution is -1.85. The van der Waals surface area contributed by atoms with Crippen LogP contribution in [0.25, 0.3) is 0 Å². The van der Waals surface area contributed by atoms with Crippen LogP contribution in [-0.4, -0.2) is 23.4 Å². The average molecular weight is 118 g/mol. The first-order chi connectivity index (χ1) is 3.83. The Morgan fingerprint density at radius 1 is 1.38 bits per heavy atom. The number of allylic oxidation sites excluding steroid dienone is 1. The SMILES string of the molecule is C=CCC.OCCO. The Labute approximate surface area is 50.5 Å². The summed E-state index contributed by atoms with van der Waals surface area (Å²) >= 11 is 0. The molecule has 0 rings (SSSR count). The van der Waals surface area contributed by atoms with Crippen LogP contribution in [0.3, 0.4) is 0 Å². The predicted octanol–water partition coefficient (Wildman–Crippen LogP) is 0.553. The largest absolute Gasteiger partial charge is 0.394 e. The molecule has 0 fully saturated rings. The third kappa shape index (κ3) is 44.6. The summed E-state index contributed by atoms with van der Waals surface area (Å²) in [5.41, 5.74) is 0. The summed E-state index contributed by atoms with van der Waals surface area (Å²) in [7, 11) is 0. The maximum absolute atomic E-state index is 7.62. The van der Waals surface area contributed by atoms with Gasteiger partial charge in [-0.25, -0.2) is 0 Å². The normalized spacial score (nSPS) is 6.88. The summed E-state index contributed by atoms with van der Waals surface area (Å²) < 4.78 is 0. The number of rotatable bonds is 2. The van der Waals surface area contributed by atoms with Gasteiger partial charge < -0.3 is 10.2 Å². The van der Waals surface area contributed by atoms with E-state index in [2.05, 4.69) is 13.5 Å². The molecule has 0 aromatic rings. The van der Waals surface area contributed by atoms with Crippen molar-refractivity contribution < 1.29 is 10.2 Å². The van der Waals surface area contributed by atoms with Crippen LogP contribution in [0.5, 0.6) is 0 Å². The summed E-state index contributed by atoms with van der Waals surface area (Å²) in [6.45, 7) is 5.29. The Hall–Kier alpha value is -0.340. The number of hydrogen-bond acceptors (Lipinski definition) is 2. The van der Waals surface area contributed by atoms with E-state index >= 15 is 0 Å². The molecule has 2 heteroatoms. The van der Waals surface area contributed by atoms with Crippen molar-refractivity contribution in [3.8, 4) is 0 Å². The van der Waals surface area contributed by atoms with Crippen LogP contribution in [0.1, 0.15) is 13.3 Å². The van der Waals surface area contributed by atoms with Gasteiger partial charge in [-0.2, -0.15) is 0 Å². The summed E-state index contributed by atoms with van der Waals surface area (Å²) in [6, 6.07) is 0. The van der Waals surface area contributed by atoms with E-state index in [0.29, 0.717) is 0 Å². The molecule has 0 saturated carbocycles. The number of hydrogen-bond donors (Lipinski definition) is 2. The molecule has 0 radical (unpaired) electrons. The van der Waals surface area contributed by atoms with Gasteiger partial charge in [-0.05, 0) is 6.42 Å². The highest BCUT2D eigenvalue weighted by atomic mass is 16.3. The highest BCUT2D eigenvalue weighted by Crippen LogP contribution is 1.66. The highest BCUT2D eigenvalue weighted by Gasteiger charge is 1.58. The molecule has 0 saturated heterocycles. The Balaban J connectivity index is 0. The fourth-order valence-electron chi connectivity index (χ4n) is 0. The summed E-state index contributed by atoms with van der Waals surface area (Å²) in [5, 5.41) is 15.2. The van der Waals surface area contributed by atoms with Gasteiger partial charge in [0.2, 0.25) is 0 Å². The molecule has 0 unspecified atom stereocenters. The summed E-state index contributed by atoms with van der Waals surface area (Å²) in [4.78, 5) is 0. The van der Waals surface area contributed by atoms with Crippen LogP contribution in [0.2, 0.25) is 0 Å². The average Bonchev–Trinajstić information content (AvgIpc) is 1.88. The molecule has 0 aromatic carbocycles. The van der Waals surface area contributed by atoms with Crippen molar-refractivity contribution in [2.75, 3.05) is 13.2 Å². The van der Waals surface area contributed by atoms with Gasteiger partial charge in [-0.15, -0.1) is 6.58 Å². The van der Waals surface area contributed by atoms with E-state index in [1.165, 1.54) is 0 Å². The van der Waals surface area contributed by atoms with Gasteiger partial charge in [0.25, 0.3) is 0 Å². The monoisotopic (exact) mass is 118 g/mol. The van der Waals surface area contributed by atoms with Crippen LogP contribution in [0, 0.1) is 0 Å². The molecule has 0 aromatic heterocycles. The molecular formula is C6H14O2. The summed E-state index contributed by atoms with van der Waals surface area (Å²) in [6.07, 6.45) is 2.96. The van der Waals surface area contributed by atoms with Gasteiger partial charge in [0.1, 0.15) is 0 Å². The zero-order valence-corrected chi connectivity index (χ0v) is 5.30. The smallest absolute Gasteiger partial charge is 0.0662 e. The highest BCUT2D eigenvalue weighted by molar-refractivity contribution is 4.60. The standard InChI is InChI=1S/C4H8.C2H6O2/c1-3-4-2;3-1-2-4/h3H,1,4H2,2H3;3-4H,1-2H2. The third-order valence-corrected chi connectivity index (χ3v) is 0.389. The second-order valence-corrected chi connectivity index (χ2v) is 1.14. The molecule has 0 atom stereocenters. The first kappa shape index (κ1) is 10.6. The predicted molar refractivity (Wildman–Crippen MR) is 34.7 cm³/mol. The van der Waals surface area contributed by atoms with E-state index in [9.17, 15) is 0 Å². The Morgan fingerprint density at radius 2 is 1.62 bits per heavy atom. The van der Waals surface area contributed by atoms with Crippen molar-refractivity contribution in [2.45, 2.75) is 13.3 Å². The van der Waals surface area contributed by atoms with Crippen molar-refractivity contribution in [1.29, 1.82) is 0 Å². The van der Waals surface area contributed by atoms with Gasteiger partial charge in [-0.1, -0.05) is 13.0 Å². The van der Waals surface area contributed by atoms with Gasteiger partial charge in [0, 0.05) is 0 Å². The van der Waals surface area contributed by atoms with Gasteiger partial charge in [-0.3, -0.25) is 0 Å². The van der Waals surface area contributed by atoms with Crippen molar-refractivity contribution in [1.82, 2.24) is 0 Å². The van der Waals surface area contributed by atoms with Crippen LogP contribution in [0.4, 0.5) is 0 Å². The van der Waals surface area contributed by atoms with Crippen molar-refractivity contribution >= 4 is 0 Å². The van der Waals surface area contributed by atoms with E-state index < -0.39 is 0 Å².